The molecule has 0 saturated carbocycles. The Balaban J connectivity index is 1.78. The first-order chi connectivity index (χ1) is 11.3. The molecule has 1 aromatic rings. The number of nitrogens with one attached hydrogen (secondary N) is 2. The van der Waals surface area contributed by atoms with Crippen molar-refractivity contribution >= 4 is 5.91 Å². The highest BCUT2D eigenvalue weighted by Crippen LogP contribution is 2.32. The summed E-state index contributed by atoms with van der Waals surface area (Å²) in [6.07, 6.45) is 7.77. The molecule has 3 atom stereocenters. The van der Waals surface area contributed by atoms with Crippen molar-refractivity contribution in [2.45, 2.75) is 57.5 Å². The van der Waals surface area contributed by atoms with Crippen LogP contribution in [0.15, 0.2) is 24.5 Å². The van der Waals surface area contributed by atoms with E-state index in [4.69, 9.17) is 0 Å². The fraction of sp³-hybridized carbons (Fsp3) is 0.667. The van der Waals surface area contributed by atoms with Gasteiger partial charge in [-0.2, -0.15) is 0 Å². The zero-order chi connectivity index (χ0) is 16.2. The smallest absolute Gasteiger partial charge is 0.225 e. The van der Waals surface area contributed by atoms with Gasteiger partial charge in [-0.3, -0.25) is 20.6 Å². The van der Waals surface area contributed by atoms with E-state index < -0.39 is 0 Å². The summed E-state index contributed by atoms with van der Waals surface area (Å²) < 4.78 is 0. The van der Waals surface area contributed by atoms with Crippen molar-refractivity contribution in [1.82, 2.24) is 20.7 Å². The van der Waals surface area contributed by atoms with Crippen LogP contribution in [0.25, 0.3) is 0 Å². The highest BCUT2D eigenvalue weighted by atomic mass is 16.2. The largest absolute Gasteiger partial charge is 0.338 e. The number of amides is 1. The maximum absolute atomic E-state index is 12.9. The predicted octanol–water partition coefficient (Wildman–Crippen LogP) is 2.07. The van der Waals surface area contributed by atoms with E-state index in [0.717, 1.165) is 38.8 Å². The first-order valence-corrected chi connectivity index (χ1v) is 8.95. The standard InChI is InChI=1S/C18H28N4O/c1-3-13(4-2)18(23)22-11-5-6-16(22)17-15(12-20-21-17)14-7-9-19-10-8-14/h7-10,13,15-17,20-21H,3-6,11-12H2,1-2H3. The number of nitrogens with zero attached hydrogens (tertiary/aromatic N) is 2. The van der Waals surface area contributed by atoms with Crippen molar-refractivity contribution in [1.29, 1.82) is 0 Å². The second-order valence-electron chi connectivity index (χ2n) is 6.69. The number of hydrazine groups is 1. The second kappa shape index (κ2) is 7.41. The Morgan fingerprint density at radius 3 is 2.78 bits per heavy atom. The molecular formula is C18H28N4O. The Labute approximate surface area is 138 Å². The third kappa shape index (κ3) is 3.26. The number of carbonyl (C=O) groups is 1. The van der Waals surface area contributed by atoms with Gasteiger partial charge in [0.2, 0.25) is 5.91 Å². The van der Waals surface area contributed by atoms with E-state index in [0.29, 0.717) is 11.8 Å². The molecule has 3 heterocycles. The molecule has 0 bridgehead atoms. The van der Waals surface area contributed by atoms with Crippen LogP contribution in [0, 0.1) is 5.92 Å². The zero-order valence-corrected chi connectivity index (χ0v) is 14.2. The summed E-state index contributed by atoms with van der Waals surface area (Å²) in [7, 11) is 0. The number of hydrogen-bond acceptors (Lipinski definition) is 4. The lowest BCUT2D eigenvalue weighted by atomic mass is 9.87. The van der Waals surface area contributed by atoms with E-state index in [2.05, 4.69) is 46.7 Å². The van der Waals surface area contributed by atoms with Gasteiger partial charge in [0.1, 0.15) is 0 Å². The summed E-state index contributed by atoms with van der Waals surface area (Å²) in [5.41, 5.74) is 8.04. The summed E-state index contributed by atoms with van der Waals surface area (Å²) in [4.78, 5) is 19.2. The second-order valence-corrected chi connectivity index (χ2v) is 6.69. The van der Waals surface area contributed by atoms with Crippen molar-refractivity contribution in [2.75, 3.05) is 13.1 Å². The molecule has 2 fully saturated rings. The van der Waals surface area contributed by atoms with E-state index in [9.17, 15) is 4.79 Å². The zero-order valence-electron chi connectivity index (χ0n) is 14.2. The summed E-state index contributed by atoms with van der Waals surface area (Å²) in [6, 6.07) is 4.75. The molecule has 0 radical (unpaired) electrons. The van der Waals surface area contributed by atoms with Gasteiger partial charge < -0.3 is 4.90 Å². The van der Waals surface area contributed by atoms with Crippen LogP contribution in [-0.4, -0.2) is 41.0 Å². The summed E-state index contributed by atoms with van der Waals surface area (Å²) in [6.45, 7) is 6.04. The fourth-order valence-corrected chi connectivity index (χ4v) is 4.13. The van der Waals surface area contributed by atoms with Crippen molar-refractivity contribution in [2.24, 2.45) is 5.92 Å². The molecule has 2 N–H and O–H groups in total. The highest BCUT2D eigenvalue weighted by Gasteiger charge is 2.42. The molecule has 23 heavy (non-hydrogen) atoms. The van der Waals surface area contributed by atoms with E-state index in [-0.39, 0.29) is 18.0 Å². The fourth-order valence-electron chi connectivity index (χ4n) is 4.13. The number of hydrogen-bond donors (Lipinski definition) is 2. The van der Waals surface area contributed by atoms with Gasteiger partial charge in [0.05, 0.1) is 0 Å². The van der Waals surface area contributed by atoms with Gasteiger partial charge in [0, 0.05) is 49.4 Å². The molecule has 0 aromatic carbocycles. The lowest BCUT2D eigenvalue weighted by Gasteiger charge is -2.34. The van der Waals surface area contributed by atoms with Gasteiger partial charge in [0.15, 0.2) is 0 Å². The molecule has 2 aliphatic rings. The minimum absolute atomic E-state index is 0.171. The van der Waals surface area contributed by atoms with Crippen LogP contribution in [0.1, 0.15) is 51.0 Å². The van der Waals surface area contributed by atoms with Gasteiger partial charge in [-0.1, -0.05) is 13.8 Å². The number of aromatic nitrogens is 1. The van der Waals surface area contributed by atoms with Crippen LogP contribution in [0.4, 0.5) is 0 Å². The summed E-state index contributed by atoms with van der Waals surface area (Å²) >= 11 is 0. The summed E-state index contributed by atoms with van der Waals surface area (Å²) in [5.74, 6) is 0.905. The number of carbonyl (C=O) groups excluding carboxylic acids is 1. The molecule has 5 nitrogen and oxygen atoms in total. The molecule has 3 unspecified atom stereocenters. The Morgan fingerprint density at radius 2 is 2.09 bits per heavy atom. The molecular weight excluding hydrogens is 288 g/mol. The van der Waals surface area contributed by atoms with Crippen molar-refractivity contribution in [3.63, 3.8) is 0 Å². The van der Waals surface area contributed by atoms with Crippen LogP contribution in [-0.2, 0) is 4.79 Å². The van der Waals surface area contributed by atoms with Crippen LogP contribution < -0.4 is 10.9 Å². The van der Waals surface area contributed by atoms with Crippen molar-refractivity contribution in [3.8, 4) is 0 Å². The maximum atomic E-state index is 12.9. The molecule has 1 amide bonds. The Hall–Kier alpha value is -1.46. The lowest BCUT2D eigenvalue weighted by molar-refractivity contribution is -0.137. The molecule has 2 aliphatic heterocycles. The van der Waals surface area contributed by atoms with Gasteiger partial charge in [0.25, 0.3) is 0 Å². The average Bonchev–Trinajstić information content (AvgIpc) is 3.25. The van der Waals surface area contributed by atoms with E-state index in [1.54, 1.807) is 0 Å². The normalized spacial score (nSPS) is 27.8. The van der Waals surface area contributed by atoms with Crippen LogP contribution in [0.3, 0.4) is 0 Å². The summed E-state index contributed by atoms with van der Waals surface area (Å²) in [5, 5.41) is 0. The van der Waals surface area contributed by atoms with E-state index >= 15 is 0 Å². The quantitative estimate of drug-likeness (QED) is 0.873. The molecule has 0 spiro atoms. The molecule has 3 rings (SSSR count). The van der Waals surface area contributed by atoms with Gasteiger partial charge in [-0.25, -0.2) is 0 Å². The topological polar surface area (TPSA) is 57.3 Å². The van der Waals surface area contributed by atoms with Gasteiger partial charge in [-0.15, -0.1) is 0 Å². The van der Waals surface area contributed by atoms with Crippen LogP contribution >= 0.6 is 0 Å². The van der Waals surface area contributed by atoms with Crippen LogP contribution in [0.5, 0.6) is 0 Å². The minimum atomic E-state index is 0.171. The first-order valence-electron chi connectivity index (χ1n) is 8.95. The van der Waals surface area contributed by atoms with Gasteiger partial charge >= 0.3 is 0 Å². The average molecular weight is 316 g/mol. The number of rotatable bonds is 5. The highest BCUT2D eigenvalue weighted by molar-refractivity contribution is 5.79. The van der Waals surface area contributed by atoms with Gasteiger partial charge in [-0.05, 0) is 43.4 Å². The number of likely N-dealkylation sites (tertiary alicyclic amines) is 1. The minimum Gasteiger partial charge on any atom is -0.338 e. The SMILES string of the molecule is CCC(CC)C(=O)N1CCCC1C1NNCC1c1ccncc1. The Bertz CT molecular complexity index is 517. The Kier molecular flexibility index (Phi) is 5.28. The monoisotopic (exact) mass is 316 g/mol. The number of pyridine rings is 1. The molecule has 2 saturated heterocycles. The lowest BCUT2D eigenvalue weighted by Crippen LogP contribution is -2.51. The molecule has 126 valence electrons. The molecule has 1 aromatic heterocycles. The van der Waals surface area contributed by atoms with Crippen molar-refractivity contribution in [3.05, 3.63) is 30.1 Å². The third-order valence-electron chi connectivity index (χ3n) is 5.49. The van der Waals surface area contributed by atoms with Crippen molar-refractivity contribution < 1.29 is 4.79 Å². The maximum Gasteiger partial charge on any atom is 0.225 e. The van der Waals surface area contributed by atoms with Crippen LogP contribution in [0.2, 0.25) is 0 Å². The molecule has 5 heteroatoms. The Morgan fingerprint density at radius 1 is 1.35 bits per heavy atom. The van der Waals surface area contributed by atoms with E-state index in [1.165, 1.54) is 5.56 Å². The third-order valence-corrected chi connectivity index (χ3v) is 5.49. The van der Waals surface area contributed by atoms with E-state index in [1.807, 2.05) is 12.4 Å². The first kappa shape index (κ1) is 16.4. The predicted molar refractivity (Wildman–Crippen MR) is 90.7 cm³/mol. The molecule has 0 aliphatic carbocycles.